The summed E-state index contributed by atoms with van der Waals surface area (Å²) in [4.78, 5) is 17.7. The van der Waals surface area contributed by atoms with Crippen LogP contribution in [0.4, 0.5) is 0 Å². The van der Waals surface area contributed by atoms with Gasteiger partial charge in [-0.3, -0.25) is 4.99 Å². The van der Waals surface area contributed by atoms with Crippen molar-refractivity contribution in [1.29, 1.82) is 0 Å². The molecular weight excluding hydrogens is 590 g/mol. The van der Waals surface area contributed by atoms with E-state index >= 15 is 0 Å². The number of ether oxygens (including phenoxy) is 2. The molecular formula is C44H49NO3. The van der Waals surface area contributed by atoms with Crippen LogP contribution >= 0.6 is 0 Å². The first-order chi connectivity index (χ1) is 23.6. The highest BCUT2D eigenvalue weighted by Gasteiger charge is 2.11. The van der Waals surface area contributed by atoms with Gasteiger partial charge < -0.3 is 9.47 Å². The van der Waals surface area contributed by atoms with Crippen molar-refractivity contribution in [2.45, 2.75) is 84.1 Å². The Morgan fingerprint density at radius 2 is 1.23 bits per heavy atom. The Morgan fingerprint density at radius 1 is 0.646 bits per heavy atom. The van der Waals surface area contributed by atoms with E-state index in [9.17, 15) is 4.79 Å². The van der Waals surface area contributed by atoms with E-state index in [1.807, 2.05) is 85.1 Å². The molecule has 5 aromatic rings. The van der Waals surface area contributed by atoms with Crippen LogP contribution in [0.2, 0.25) is 0 Å². The zero-order valence-electron chi connectivity index (χ0n) is 28.6. The van der Waals surface area contributed by atoms with Crippen LogP contribution in [0.25, 0.3) is 21.9 Å². The predicted octanol–water partition coefficient (Wildman–Crippen LogP) is 12.2. The van der Waals surface area contributed by atoms with Crippen molar-refractivity contribution < 1.29 is 14.3 Å². The second kappa shape index (κ2) is 18.6. The van der Waals surface area contributed by atoms with Crippen molar-refractivity contribution >= 4 is 23.0 Å². The summed E-state index contributed by atoms with van der Waals surface area (Å²) >= 11 is 0. The lowest BCUT2D eigenvalue weighted by Crippen LogP contribution is -2.08. The Kier molecular flexibility index (Phi) is 13.4. The largest absolute Gasteiger partial charge is 0.494 e. The Hall–Kier alpha value is -4.70. The SMILES string of the molecule is CCCCCCCCCCCCOc1ccc2cc(C(=O)Oc3ccc(-c4ccc(C=N[C@H](C)c5ccccc5)cc4)cc3)ccc2c1. The van der Waals surface area contributed by atoms with Gasteiger partial charge in [0.25, 0.3) is 0 Å². The molecule has 248 valence electrons. The monoisotopic (exact) mass is 639 g/mol. The molecule has 0 saturated heterocycles. The molecule has 0 heterocycles. The molecule has 0 N–H and O–H groups in total. The van der Waals surface area contributed by atoms with Gasteiger partial charge in [0.1, 0.15) is 11.5 Å². The molecule has 48 heavy (non-hydrogen) atoms. The lowest BCUT2D eigenvalue weighted by atomic mass is 10.0. The van der Waals surface area contributed by atoms with Gasteiger partial charge in [-0.05, 0) is 82.8 Å². The first-order valence-electron chi connectivity index (χ1n) is 17.8. The fraction of sp³-hybridized carbons (Fsp3) is 0.318. The fourth-order valence-corrected chi connectivity index (χ4v) is 5.88. The molecule has 0 bridgehead atoms. The summed E-state index contributed by atoms with van der Waals surface area (Å²) < 4.78 is 11.7. The molecule has 5 aromatic carbocycles. The molecule has 0 aliphatic heterocycles. The van der Waals surface area contributed by atoms with Gasteiger partial charge in [0.05, 0.1) is 18.2 Å². The van der Waals surface area contributed by atoms with E-state index in [1.165, 1.54) is 63.4 Å². The molecule has 0 radical (unpaired) electrons. The molecule has 5 rings (SSSR count). The maximum Gasteiger partial charge on any atom is 0.343 e. The average Bonchev–Trinajstić information content (AvgIpc) is 3.13. The van der Waals surface area contributed by atoms with Crippen molar-refractivity contribution in [1.82, 2.24) is 0 Å². The predicted molar refractivity (Wildman–Crippen MR) is 201 cm³/mol. The zero-order valence-corrected chi connectivity index (χ0v) is 28.6. The smallest absolute Gasteiger partial charge is 0.343 e. The summed E-state index contributed by atoms with van der Waals surface area (Å²) in [5.41, 5.74) is 4.90. The van der Waals surface area contributed by atoms with Crippen LogP contribution in [-0.2, 0) is 0 Å². The van der Waals surface area contributed by atoms with Crippen LogP contribution in [0, 0.1) is 0 Å². The number of nitrogens with zero attached hydrogens (tertiary/aromatic N) is 1. The highest BCUT2D eigenvalue weighted by molar-refractivity contribution is 5.96. The maximum absolute atomic E-state index is 13.0. The van der Waals surface area contributed by atoms with E-state index in [1.54, 1.807) is 0 Å². The van der Waals surface area contributed by atoms with Gasteiger partial charge in [0.15, 0.2) is 0 Å². The first-order valence-corrected chi connectivity index (χ1v) is 17.8. The topological polar surface area (TPSA) is 47.9 Å². The van der Waals surface area contributed by atoms with Crippen LogP contribution in [0.3, 0.4) is 0 Å². The van der Waals surface area contributed by atoms with Gasteiger partial charge in [-0.15, -0.1) is 0 Å². The third-order valence-corrected chi connectivity index (χ3v) is 8.85. The normalized spacial score (nSPS) is 12.0. The highest BCUT2D eigenvalue weighted by atomic mass is 16.5. The number of hydrogen-bond acceptors (Lipinski definition) is 4. The van der Waals surface area contributed by atoms with Crippen molar-refractivity contribution in [3.63, 3.8) is 0 Å². The van der Waals surface area contributed by atoms with Crippen LogP contribution in [0.5, 0.6) is 11.5 Å². The zero-order chi connectivity index (χ0) is 33.4. The second-order valence-corrected chi connectivity index (χ2v) is 12.7. The van der Waals surface area contributed by atoms with E-state index in [-0.39, 0.29) is 12.0 Å². The van der Waals surface area contributed by atoms with Crippen molar-refractivity contribution in [2.75, 3.05) is 6.61 Å². The number of fused-ring (bicyclic) bond motifs is 1. The van der Waals surface area contributed by atoms with E-state index in [0.29, 0.717) is 11.3 Å². The summed E-state index contributed by atoms with van der Waals surface area (Å²) in [5, 5.41) is 2.02. The Balaban J connectivity index is 1.06. The minimum atomic E-state index is -0.376. The molecule has 0 unspecified atom stereocenters. The molecule has 0 saturated carbocycles. The third kappa shape index (κ3) is 10.7. The van der Waals surface area contributed by atoms with E-state index < -0.39 is 0 Å². The third-order valence-electron chi connectivity index (χ3n) is 8.85. The molecule has 0 aliphatic rings. The Labute approximate surface area is 286 Å². The van der Waals surface area contributed by atoms with Crippen LogP contribution in [0.1, 0.15) is 106 Å². The Bertz CT molecular complexity index is 1730. The number of esters is 1. The molecule has 4 heteroatoms. The number of benzene rings is 5. The molecule has 0 amide bonds. The Morgan fingerprint density at radius 3 is 1.92 bits per heavy atom. The molecule has 0 aromatic heterocycles. The van der Waals surface area contributed by atoms with Gasteiger partial charge in [0.2, 0.25) is 0 Å². The van der Waals surface area contributed by atoms with Gasteiger partial charge in [-0.1, -0.05) is 144 Å². The summed E-state index contributed by atoms with van der Waals surface area (Å²) in [6.45, 7) is 5.10. The lowest BCUT2D eigenvalue weighted by Gasteiger charge is -2.09. The van der Waals surface area contributed by atoms with Gasteiger partial charge in [-0.2, -0.15) is 0 Å². The summed E-state index contributed by atoms with van der Waals surface area (Å²) in [6, 6.07) is 38.0. The van der Waals surface area contributed by atoms with Crippen LogP contribution < -0.4 is 9.47 Å². The molecule has 1 atom stereocenters. The lowest BCUT2D eigenvalue weighted by molar-refractivity contribution is 0.0735. The standard InChI is InChI=1S/C44H49NO3/c1-3-4-5-6-7-8-9-10-11-15-30-47-43-29-26-39-31-41(23-22-40(39)32-43)44(46)48-42-27-24-38(25-28-42)37-20-18-35(19-21-37)33-45-34(2)36-16-13-12-14-17-36/h12-14,16-29,31-34H,3-11,15,30H2,1-2H3/t34-/m1/s1. The van der Waals surface area contributed by atoms with Gasteiger partial charge in [0, 0.05) is 6.21 Å². The fourth-order valence-electron chi connectivity index (χ4n) is 5.88. The number of carbonyl (C=O) groups excluding carboxylic acids is 1. The molecule has 4 nitrogen and oxygen atoms in total. The van der Waals surface area contributed by atoms with Crippen molar-refractivity contribution in [3.8, 4) is 22.6 Å². The molecule has 0 spiro atoms. The number of carbonyl (C=O) groups is 1. The van der Waals surface area contributed by atoms with Crippen LogP contribution in [-0.4, -0.2) is 18.8 Å². The summed E-state index contributed by atoms with van der Waals surface area (Å²) in [7, 11) is 0. The van der Waals surface area contributed by atoms with Gasteiger partial charge >= 0.3 is 5.97 Å². The maximum atomic E-state index is 13.0. The van der Waals surface area contributed by atoms with E-state index in [2.05, 4.69) is 50.2 Å². The number of hydrogen-bond donors (Lipinski definition) is 0. The van der Waals surface area contributed by atoms with Crippen molar-refractivity contribution in [2.24, 2.45) is 4.99 Å². The highest BCUT2D eigenvalue weighted by Crippen LogP contribution is 2.26. The van der Waals surface area contributed by atoms with Crippen LogP contribution in [0.15, 0.2) is 120 Å². The summed E-state index contributed by atoms with van der Waals surface area (Å²) in [5.74, 6) is 1.01. The quantitative estimate of drug-likeness (QED) is 0.0415. The number of aliphatic imine (C=N–C) groups is 1. The van der Waals surface area contributed by atoms with Crippen molar-refractivity contribution in [3.05, 3.63) is 132 Å². The number of unbranched alkanes of at least 4 members (excludes halogenated alkanes) is 9. The minimum absolute atomic E-state index is 0.104. The first kappa shape index (κ1) is 34.6. The average molecular weight is 640 g/mol. The summed E-state index contributed by atoms with van der Waals surface area (Å²) in [6.07, 6.45) is 15.0. The van der Waals surface area contributed by atoms with Gasteiger partial charge in [-0.25, -0.2) is 4.79 Å². The molecule has 0 fully saturated rings. The van der Waals surface area contributed by atoms with E-state index in [0.717, 1.165) is 46.2 Å². The molecule has 0 aliphatic carbocycles. The second-order valence-electron chi connectivity index (χ2n) is 12.7. The number of rotatable bonds is 18. The van der Waals surface area contributed by atoms with E-state index in [4.69, 9.17) is 14.5 Å². The minimum Gasteiger partial charge on any atom is -0.494 e.